The highest BCUT2D eigenvalue weighted by Gasteiger charge is 2.23. The number of hydrogen-bond donors (Lipinski definition) is 0. The lowest BCUT2D eigenvalue weighted by Gasteiger charge is -1.98. The molecule has 0 unspecified atom stereocenters. The molecule has 2 aromatic heterocycles. The van der Waals surface area contributed by atoms with Crippen molar-refractivity contribution in [1.82, 2.24) is 9.97 Å². The molecule has 2 heterocycles. The number of thiazole rings is 2. The van der Waals surface area contributed by atoms with Crippen LogP contribution in [0, 0.1) is 0 Å². The molecule has 0 atom stereocenters. The van der Waals surface area contributed by atoms with Crippen LogP contribution in [0.4, 0.5) is 0 Å². The molecule has 2 rings (SSSR count). The third kappa shape index (κ3) is 2.46. The number of esters is 1. The number of nitrogens with zero attached hydrogens (tertiary/aromatic N) is 2. The fraction of sp³-hybridized carbons (Fsp3) is 0.273. The molecule has 0 aliphatic rings. The van der Waals surface area contributed by atoms with Crippen LogP contribution in [0.5, 0.6) is 0 Å². The van der Waals surface area contributed by atoms with Crippen LogP contribution in [-0.4, -0.2) is 28.3 Å². The molecule has 0 radical (unpaired) electrons. The van der Waals surface area contributed by atoms with Gasteiger partial charge in [0, 0.05) is 13.1 Å². The molecule has 0 aromatic carbocycles. The number of aromatic nitrogens is 2. The molecule has 94 valence electrons. The van der Waals surface area contributed by atoms with Gasteiger partial charge >= 0.3 is 5.97 Å². The van der Waals surface area contributed by atoms with Gasteiger partial charge < -0.3 is 4.74 Å². The monoisotopic (exact) mass is 282 g/mol. The zero-order valence-electron chi connectivity index (χ0n) is 9.80. The Morgan fingerprint density at radius 1 is 1.44 bits per heavy atom. The summed E-state index contributed by atoms with van der Waals surface area (Å²) >= 11 is 2.60. The van der Waals surface area contributed by atoms with E-state index in [1.807, 2.05) is 0 Å². The van der Waals surface area contributed by atoms with Crippen molar-refractivity contribution in [2.75, 3.05) is 6.61 Å². The molecular formula is C11H10N2O3S2. The molecule has 0 saturated heterocycles. The van der Waals surface area contributed by atoms with Crippen LogP contribution in [0.2, 0.25) is 0 Å². The summed E-state index contributed by atoms with van der Waals surface area (Å²) in [6.45, 7) is 3.37. The lowest BCUT2D eigenvalue weighted by molar-refractivity contribution is 0.0517. The predicted molar refractivity (Wildman–Crippen MR) is 69.2 cm³/mol. The van der Waals surface area contributed by atoms with Gasteiger partial charge in [-0.2, -0.15) is 0 Å². The Balaban J connectivity index is 2.45. The van der Waals surface area contributed by atoms with E-state index in [4.69, 9.17) is 4.74 Å². The summed E-state index contributed by atoms with van der Waals surface area (Å²) in [5.41, 5.74) is 1.77. The van der Waals surface area contributed by atoms with E-state index in [0.29, 0.717) is 9.88 Å². The van der Waals surface area contributed by atoms with E-state index in [-0.39, 0.29) is 18.1 Å². The Labute approximate surface area is 111 Å². The zero-order valence-corrected chi connectivity index (χ0v) is 11.4. The Morgan fingerprint density at radius 2 is 2.22 bits per heavy atom. The van der Waals surface area contributed by atoms with E-state index >= 15 is 0 Å². The van der Waals surface area contributed by atoms with Gasteiger partial charge in [0.05, 0.1) is 17.0 Å². The highest BCUT2D eigenvalue weighted by molar-refractivity contribution is 7.22. The molecule has 0 spiro atoms. The molecule has 0 N–H and O–H groups in total. The molecule has 0 amide bonds. The van der Waals surface area contributed by atoms with Gasteiger partial charge in [-0.05, 0) is 6.92 Å². The van der Waals surface area contributed by atoms with Gasteiger partial charge in [-0.15, -0.1) is 22.7 Å². The van der Waals surface area contributed by atoms with Crippen molar-refractivity contribution in [3.8, 4) is 9.88 Å². The summed E-state index contributed by atoms with van der Waals surface area (Å²) in [4.78, 5) is 32.5. The normalized spacial score (nSPS) is 10.3. The maximum Gasteiger partial charge on any atom is 0.358 e. The van der Waals surface area contributed by atoms with E-state index in [1.165, 1.54) is 29.6 Å². The lowest BCUT2D eigenvalue weighted by atomic mass is 10.3. The van der Waals surface area contributed by atoms with E-state index in [0.717, 1.165) is 4.88 Å². The van der Waals surface area contributed by atoms with Crippen LogP contribution in [0.1, 0.15) is 34.0 Å². The van der Waals surface area contributed by atoms with Gasteiger partial charge in [-0.1, -0.05) is 0 Å². The molecule has 18 heavy (non-hydrogen) atoms. The third-order valence-corrected chi connectivity index (χ3v) is 4.16. The molecule has 7 heteroatoms. The average Bonchev–Trinajstić information content (AvgIpc) is 2.98. The van der Waals surface area contributed by atoms with Gasteiger partial charge in [-0.25, -0.2) is 9.78 Å². The molecule has 5 nitrogen and oxygen atoms in total. The summed E-state index contributed by atoms with van der Waals surface area (Å²) in [5.74, 6) is -0.749. The predicted octanol–water partition coefficient (Wildman–Crippen LogP) is 2.65. The smallest absolute Gasteiger partial charge is 0.358 e. The SMILES string of the molecule is CCOC(=O)c1nc(-c2cncs2)sc1C(C)=O. The second-order valence-corrected chi connectivity index (χ2v) is 5.22. The third-order valence-electron chi connectivity index (χ3n) is 2.06. The van der Waals surface area contributed by atoms with Crippen molar-refractivity contribution in [2.24, 2.45) is 0 Å². The minimum Gasteiger partial charge on any atom is -0.461 e. The number of ketones is 1. The van der Waals surface area contributed by atoms with E-state index < -0.39 is 5.97 Å². The zero-order chi connectivity index (χ0) is 13.1. The van der Waals surface area contributed by atoms with E-state index in [1.54, 1.807) is 18.6 Å². The largest absolute Gasteiger partial charge is 0.461 e. The number of ether oxygens (including phenoxy) is 1. The minimum absolute atomic E-state index is 0.0951. The first-order valence-electron chi connectivity index (χ1n) is 5.21. The van der Waals surface area contributed by atoms with Crippen LogP contribution in [0.3, 0.4) is 0 Å². The summed E-state index contributed by atoms with van der Waals surface area (Å²) < 4.78 is 4.89. The van der Waals surface area contributed by atoms with Crippen LogP contribution in [0.25, 0.3) is 9.88 Å². The number of carbonyl (C=O) groups excluding carboxylic acids is 2. The van der Waals surface area contributed by atoms with Crippen LogP contribution in [0.15, 0.2) is 11.7 Å². The van der Waals surface area contributed by atoms with Crippen molar-refractivity contribution in [3.05, 3.63) is 22.3 Å². The molecular weight excluding hydrogens is 272 g/mol. The standard InChI is InChI=1S/C11H10N2O3S2/c1-3-16-11(15)8-9(6(2)14)18-10(13-8)7-4-12-5-17-7/h4-5H,3H2,1-2H3. The highest BCUT2D eigenvalue weighted by Crippen LogP contribution is 2.31. The molecule has 0 aliphatic carbocycles. The molecule has 0 fully saturated rings. The number of Topliss-reactive ketones (excluding diaryl/α,β-unsaturated/α-hetero) is 1. The number of carbonyl (C=O) groups is 2. The van der Waals surface area contributed by atoms with Crippen molar-refractivity contribution in [3.63, 3.8) is 0 Å². The summed E-state index contributed by atoms with van der Waals surface area (Å²) in [6, 6.07) is 0. The Bertz CT molecular complexity index is 575. The first kappa shape index (κ1) is 12.8. The van der Waals surface area contributed by atoms with E-state index in [2.05, 4.69) is 9.97 Å². The maximum atomic E-state index is 11.7. The molecule has 0 aliphatic heterocycles. The number of hydrogen-bond acceptors (Lipinski definition) is 7. The van der Waals surface area contributed by atoms with Crippen LogP contribution >= 0.6 is 22.7 Å². The van der Waals surface area contributed by atoms with Crippen LogP contribution in [-0.2, 0) is 4.74 Å². The first-order chi connectivity index (χ1) is 8.63. The molecule has 0 saturated carbocycles. The van der Waals surface area contributed by atoms with Crippen molar-refractivity contribution >= 4 is 34.4 Å². The summed E-state index contributed by atoms with van der Waals surface area (Å²) in [5, 5.41) is 0.616. The Kier molecular flexibility index (Phi) is 3.83. The van der Waals surface area contributed by atoms with E-state index in [9.17, 15) is 9.59 Å². The second kappa shape index (κ2) is 5.36. The second-order valence-electron chi connectivity index (χ2n) is 3.34. The number of rotatable bonds is 4. The lowest BCUT2D eigenvalue weighted by Crippen LogP contribution is -2.09. The average molecular weight is 282 g/mol. The maximum absolute atomic E-state index is 11.7. The fourth-order valence-electron chi connectivity index (χ4n) is 1.32. The van der Waals surface area contributed by atoms with Gasteiger partial charge in [0.15, 0.2) is 11.5 Å². The van der Waals surface area contributed by atoms with Gasteiger partial charge in [0.25, 0.3) is 0 Å². The minimum atomic E-state index is -0.560. The Hall–Kier alpha value is -1.60. The van der Waals surface area contributed by atoms with Crippen molar-refractivity contribution in [1.29, 1.82) is 0 Å². The molecule has 0 bridgehead atoms. The summed E-state index contributed by atoms with van der Waals surface area (Å²) in [7, 11) is 0. The fourth-order valence-corrected chi connectivity index (χ4v) is 2.95. The topological polar surface area (TPSA) is 69.2 Å². The first-order valence-corrected chi connectivity index (χ1v) is 6.90. The quantitative estimate of drug-likeness (QED) is 0.637. The Morgan fingerprint density at radius 3 is 2.78 bits per heavy atom. The van der Waals surface area contributed by atoms with Gasteiger partial charge in [0.2, 0.25) is 0 Å². The van der Waals surface area contributed by atoms with Crippen LogP contribution < -0.4 is 0 Å². The van der Waals surface area contributed by atoms with Gasteiger partial charge in [-0.3, -0.25) is 9.78 Å². The summed E-state index contributed by atoms with van der Waals surface area (Å²) in [6.07, 6.45) is 1.66. The molecule has 2 aromatic rings. The van der Waals surface area contributed by atoms with Crippen molar-refractivity contribution < 1.29 is 14.3 Å². The van der Waals surface area contributed by atoms with Crippen molar-refractivity contribution in [2.45, 2.75) is 13.8 Å². The highest BCUT2D eigenvalue weighted by atomic mass is 32.1. The van der Waals surface area contributed by atoms with Gasteiger partial charge in [0.1, 0.15) is 9.88 Å².